The lowest BCUT2D eigenvalue weighted by Crippen LogP contribution is -2.28. The van der Waals surface area contributed by atoms with Gasteiger partial charge >= 0.3 is 0 Å². The molecule has 0 spiro atoms. The van der Waals surface area contributed by atoms with Crippen molar-refractivity contribution < 1.29 is 4.79 Å². The SMILES string of the molecule is Cc1cc(-c2ccnc(N[C@H](C)C3CCCCC3)n2)ccc1CNC(=O)c1cnc(C(C)(C)C)s1. The molecule has 0 aliphatic heterocycles. The van der Waals surface area contributed by atoms with Gasteiger partial charge in [0.25, 0.3) is 5.91 Å². The van der Waals surface area contributed by atoms with Crippen molar-refractivity contribution in [3.63, 3.8) is 0 Å². The highest BCUT2D eigenvalue weighted by atomic mass is 32.1. The smallest absolute Gasteiger partial charge is 0.263 e. The largest absolute Gasteiger partial charge is 0.351 e. The van der Waals surface area contributed by atoms with E-state index < -0.39 is 0 Å². The number of rotatable bonds is 7. The molecule has 0 saturated heterocycles. The van der Waals surface area contributed by atoms with Crippen LogP contribution in [0.15, 0.2) is 36.7 Å². The number of carbonyl (C=O) groups excluding carboxylic acids is 1. The summed E-state index contributed by atoms with van der Waals surface area (Å²) in [5.74, 6) is 1.30. The summed E-state index contributed by atoms with van der Waals surface area (Å²) in [6.07, 6.45) is 10.1. The molecule has 1 aliphatic carbocycles. The standard InChI is InChI=1S/C28H37N5OS/c1-18-15-21(23-13-14-29-27(33-23)32-19(2)20-9-7-6-8-10-20)11-12-22(18)16-30-25(34)24-17-31-26(35-24)28(3,4)5/h11-15,17,19-20H,6-10,16H2,1-5H3,(H,30,34)(H,29,32,33)/t19-/m1/s1. The summed E-state index contributed by atoms with van der Waals surface area (Å²) in [4.78, 5) is 26.9. The quantitative estimate of drug-likeness (QED) is 0.393. The Labute approximate surface area is 213 Å². The van der Waals surface area contributed by atoms with Gasteiger partial charge < -0.3 is 10.6 Å². The molecule has 1 amide bonds. The van der Waals surface area contributed by atoms with Gasteiger partial charge in [-0.3, -0.25) is 4.79 Å². The van der Waals surface area contributed by atoms with Gasteiger partial charge in [0.1, 0.15) is 4.88 Å². The Hall–Kier alpha value is -2.80. The Morgan fingerprint density at radius 3 is 2.60 bits per heavy atom. The van der Waals surface area contributed by atoms with Crippen LogP contribution in [-0.4, -0.2) is 26.9 Å². The normalized spacial score (nSPS) is 15.6. The van der Waals surface area contributed by atoms with Gasteiger partial charge in [0, 0.05) is 29.8 Å². The van der Waals surface area contributed by atoms with Gasteiger partial charge in [0.2, 0.25) is 5.95 Å². The van der Waals surface area contributed by atoms with E-state index in [1.54, 1.807) is 6.20 Å². The van der Waals surface area contributed by atoms with Crippen molar-refractivity contribution in [1.82, 2.24) is 20.3 Å². The van der Waals surface area contributed by atoms with Gasteiger partial charge in [-0.25, -0.2) is 15.0 Å². The molecule has 186 valence electrons. The average Bonchev–Trinajstić information content (AvgIpc) is 3.35. The van der Waals surface area contributed by atoms with E-state index in [4.69, 9.17) is 4.98 Å². The molecule has 2 N–H and O–H groups in total. The minimum atomic E-state index is -0.0833. The zero-order valence-corrected chi connectivity index (χ0v) is 22.3. The van der Waals surface area contributed by atoms with Gasteiger partial charge in [-0.2, -0.15) is 0 Å². The Bertz CT molecular complexity index is 1160. The van der Waals surface area contributed by atoms with Crippen LogP contribution in [0.2, 0.25) is 0 Å². The fourth-order valence-corrected chi connectivity index (χ4v) is 5.48. The highest BCUT2D eigenvalue weighted by Gasteiger charge is 2.21. The maximum atomic E-state index is 12.6. The highest BCUT2D eigenvalue weighted by molar-refractivity contribution is 7.13. The zero-order valence-electron chi connectivity index (χ0n) is 21.5. The maximum absolute atomic E-state index is 12.6. The summed E-state index contributed by atoms with van der Waals surface area (Å²) in [7, 11) is 0. The van der Waals surface area contributed by atoms with E-state index in [0.29, 0.717) is 29.3 Å². The second kappa shape index (κ2) is 10.9. The first-order valence-electron chi connectivity index (χ1n) is 12.6. The molecule has 2 aromatic heterocycles. The number of aryl methyl sites for hydroxylation is 1. The zero-order chi connectivity index (χ0) is 25.0. The van der Waals surface area contributed by atoms with Gasteiger partial charge in [-0.05, 0) is 55.9 Å². The third-order valence-electron chi connectivity index (χ3n) is 6.82. The fraction of sp³-hybridized carbons (Fsp3) is 0.500. The van der Waals surface area contributed by atoms with Gasteiger partial charge in [-0.1, -0.05) is 52.2 Å². The summed E-state index contributed by atoms with van der Waals surface area (Å²) in [5, 5.41) is 7.54. The molecule has 1 aliphatic rings. The number of aromatic nitrogens is 3. The lowest BCUT2D eigenvalue weighted by Gasteiger charge is -2.28. The van der Waals surface area contributed by atoms with Crippen molar-refractivity contribution in [2.24, 2.45) is 5.92 Å². The van der Waals surface area contributed by atoms with Gasteiger partial charge in [0.05, 0.1) is 16.9 Å². The number of nitrogens with zero attached hydrogens (tertiary/aromatic N) is 3. The number of hydrogen-bond acceptors (Lipinski definition) is 6. The Kier molecular flexibility index (Phi) is 7.85. The number of benzene rings is 1. The van der Waals surface area contributed by atoms with E-state index in [-0.39, 0.29) is 11.3 Å². The minimum absolute atomic E-state index is 0.0556. The summed E-state index contributed by atoms with van der Waals surface area (Å²) >= 11 is 1.46. The molecule has 35 heavy (non-hydrogen) atoms. The molecular formula is C28H37N5OS. The Morgan fingerprint density at radius 2 is 1.91 bits per heavy atom. The van der Waals surface area contributed by atoms with Crippen LogP contribution in [0.5, 0.6) is 0 Å². The molecule has 1 fully saturated rings. The molecule has 1 atom stereocenters. The molecule has 0 unspecified atom stereocenters. The van der Waals surface area contributed by atoms with Crippen LogP contribution in [0.3, 0.4) is 0 Å². The number of hydrogen-bond donors (Lipinski definition) is 2. The number of carbonyl (C=O) groups is 1. The molecule has 2 heterocycles. The van der Waals surface area contributed by atoms with Crippen LogP contribution >= 0.6 is 11.3 Å². The lowest BCUT2D eigenvalue weighted by molar-refractivity contribution is 0.0954. The molecule has 6 nitrogen and oxygen atoms in total. The Balaban J connectivity index is 1.39. The highest BCUT2D eigenvalue weighted by Crippen LogP contribution is 2.29. The summed E-state index contributed by atoms with van der Waals surface area (Å²) in [6, 6.07) is 8.58. The number of nitrogens with one attached hydrogen (secondary N) is 2. The second-order valence-electron chi connectivity index (χ2n) is 10.7. The van der Waals surface area contributed by atoms with Crippen molar-refractivity contribution in [1.29, 1.82) is 0 Å². The average molecular weight is 492 g/mol. The molecule has 1 aromatic carbocycles. The van der Waals surface area contributed by atoms with E-state index in [1.807, 2.05) is 12.3 Å². The fourth-order valence-electron chi connectivity index (χ4n) is 4.59. The molecular weight excluding hydrogens is 454 g/mol. The summed E-state index contributed by atoms with van der Waals surface area (Å²) in [6.45, 7) is 11.1. The number of amides is 1. The van der Waals surface area contributed by atoms with E-state index in [2.05, 4.69) is 73.4 Å². The van der Waals surface area contributed by atoms with E-state index >= 15 is 0 Å². The lowest BCUT2D eigenvalue weighted by atomic mass is 9.85. The first-order valence-corrected chi connectivity index (χ1v) is 13.5. The van der Waals surface area contributed by atoms with Gasteiger partial charge in [0.15, 0.2) is 0 Å². The molecule has 4 rings (SSSR count). The van der Waals surface area contributed by atoms with Crippen LogP contribution in [0, 0.1) is 12.8 Å². The summed E-state index contributed by atoms with van der Waals surface area (Å²) < 4.78 is 0. The van der Waals surface area contributed by atoms with Crippen molar-refractivity contribution >= 4 is 23.2 Å². The minimum Gasteiger partial charge on any atom is -0.351 e. The Morgan fingerprint density at radius 1 is 1.14 bits per heavy atom. The molecule has 1 saturated carbocycles. The molecule has 3 aromatic rings. The summed E-state index contributed by atoms with van der Waals surface area (Å²) in [5.41, 5.74) is 4.09. The third kappa shape index (κ3) is 6.45. The van der Waals surface area contributed by atoms with Crippen LogP contribution in [-0.2, 0) is 12.0 Å². The third-order valence-corrected chi connectivity index (χ3v) is 8.24. The van der Waals surface area contributed by atoms with Crippen LogP contribution < -0.4 is 10.6 Å². The van der Waals surface area contributed by atoms with Crippen molar-refractivity contribution in [3.05, 3.63) is 57.7 Å². The molecule has 7 heteroatoms. The van der Waals surface area contributed by atoms with Crippen LogP contribution in [0.4, 0.5) is 5.95 Å². The second-order valence-corrected chi connectivity index (χ2v) is 11.7. The van der Waals surface area contributed by atoms with Crippen LogP contribution in [0.1, 0.15) is 85.6 Å². The predicted molar refractivity (Wildman–Crippen MR) is 144 cm³/mol. The van der Waals surface area contributed by atoms with Crippen LogP contribution in [0.25, 0.3) is 11.3 Å². The van der Waals surface area contributed by atoms with E-state index in [0.717, 1.165) is 27.4 Å². The molecule has 0 bridgehead atoms. The molecule has 0 radical (unpaired) electrons. The first-order chi connectivity index (χ1) is 16.7. The van der Waals surface area contributed by atoms with E-state index in [1.165, 1.54) is 43.4 Å². The van der Waals surface area contributed by atoms with Crippen molar-refractivity contribution in [2.75, 3.05) is 5.32 Å². The van der Waals surface area contributed by atoms with Crippen molar-refractivity contribution in [2.45, 2.75) is 84.7 Å². The monoisotopic (exact) mass is 491 g/mol. The van der Waals surface area contributed by atoms with E-state index in [9.17, 15) is 4.79 Å². The number of thiazole rings is 1. The predicted octanol–water partition coefficient (Wildman–Crippen LogP) is 6.52. The van der Waals surface area contributed by atoms with Gasteiger partial charge in [-0.15, -0.1) is 11.3 Å². The number of anilines is 1. The topological polar surface area (TPSA) is 79.8 Å². The van der Waals surface area contributed by atoms with Crippen molar-refractivity contribution in [3.8, 4) is 11.3 Å². The first kappa shape index (κ1) is 25.3. The maximum Gasteiger partial charge on any atom is 0.263 e.